The molecule has 1 aliphatic rings. The molecule has 3 atom stereocenters. The van der Waals surface area contributed by atoms with Gasteiger partial charge < -0.3 is 10.1 Å². The van der Waals surface area contributed by atoms with Gasteiger partial charge >= 0.3 is 0 Å². The van der Waals surface area contributed by atoms with Gasteiger partial charge in [-0.15, -0.1) is 0 Å². The minimum absolute atomic E-state index is 0.0938. The number of benzene rings is 2. The van der Waals surface area contributed by atoms with E-state index >= 15 is 0 Å². The Bertz CT molecular complexity index is 836. The van der Waals surface area contributed by atoms with Crippen LogP contribution in [0.1, 0.15) is 28.7 Å². The molecule has 3 rings (SSSR count). The summed E-state index contributed by atoms with van der Waals surface area (Å²) in [6.07, 6.45) is 0. The molecular weight excluding hydrogens is 326 g/mol. The lowest BCUT2D eigenvalue weighted by Gasteiger charge is -2.28. The Morgan fingerprint density at radius 1 is 1.08 bits per heavy atom. The number of hydrogen-bond acceptors (Lipinski definition) is 5. The van der Waals surface area contributed by atoms with E-state index in [0.29, 0.717) is 6.47 Å². The maximum absolute atomic E-state index is 10.7. The van der Waals surface area contributed by atoms with E-state index in [1.807, 2.05) is 61.5 Å². The van der Waals surface area contributed by atoms with Crippen molar-refractivity contribution in [1.82, 2.24) is 5.32 Å². The smallest absolute Gasteiger partial charge is 0.293 e. The van der Waals surface area contributed by atoms with Crippen molar-refractivity contribution in [3.05, 3.63) is 71.3 Å². The van der Waals surface area contributed by atoms with E-state index in [1.54, 1.807) is 0 Å². The molecule has 0 aliphatic carbocycles. The molecule has 1 aliphatic heterocycles. The summed E-state index contributed by atoms with van der Waals surface area (Å²) in [6, 6.07) is 21.0. The lowest BCUT2D eigenvalue weighted by Crippen LogP contribution is -2.32. The van der Waals surface area contributed by atoms with E-state index in [-0.39, 0.29) is 12.6 Å². The third-order valence-corrected chi connectivity index (χ3v) is 5.01. The van der Waals surface area contributed by atoms with Gasteiger partial charge in [0.05, 0.1) is 24.2 Å². The summed E-state index contributed by atoms with van der Waals surface area (Å²) >= 11 is 0. The van der Waals surface area contributed by atoms with E-state index in [4.69, 9.17) is 4.74 Å². The molecule has 26 heavy (non-hydrogen) atoms. The van der Waals surface area contributed by atoms with E-state index in [1.165, 1.54) is 0 Å². The SMILES string of the molecule is Cc1ccc(C2NC(COC=O)C(c3ccccc3)C2(C#N)C#N)cc1. The first-order valence-electron chi connectivity index (χ1n) is 8.41. The molecule has 2 aromatic carbocycles. The summed E-state index contributed by atoms with van der Waals surface area (Å²) in [5.74, 6) is -0.426. The van der Waals surface area contributed by atoms with Crippen LogP contribution in [0.15, 0.2) is 54.6 Å². The first-order chi connectivity index (χ1) is 12.7. The normalized spacial score (nSPS) is 23.6. The Morgan fingerprint density at radius 2 is 1.73 bits per heavy atom. The van der Waals surface area contributed by atoms with Crippen LogP contribution in [0.25, 0.3) is 0 Å². The predicted molar refractivity (Wildman–Crippen MR) is 95.7 cm³/mol. The lowest BCUT2D eigenvalue weighted by atomic mass is 9.69. The average Bonchev–Trinajstić information content (AvgIpc) is 3.02. The van der Waals surface area contributed by atoms with E-state index in [0.717, 1.165) is 16.7 Å². The van der Waals surface area contributed by atoms with Gasteiger partial charge in [0.2, 0.25) is 0 Å². The highest BCUT2D eigenvalue weighted by Crippen LogP contribution is 2.52. The number of rotatable bonds is 5. The zero-order valence-corrected chi connectivity index (χ0v) is 14.4. The van der Waals surface area contributed by atoms with Crippen LogP contribution in [0.3, 0.4) is 0 Å². The minimum atomic E-state index is -1.31. The van der Waals surface area contributed by atoms with Gasteiger partial charge in [0, 0.05) is 5.92 Å². The molecule has 130 valence electrons. The van der Waals surface area contributed by atoms with E-state index < -0.39 is 17.4 Å². The first-order valence-corrected chi connectivity index (χ1v) is 8.41. The van der Waals surface area contributed by atoms with Gasteiger partial charge in [0.25, 0.3) is 6.47 Å². The van der Waals surface area contributed by atoms with Gasteiger partial charge in [0.15, 0.2) is 5.41 Å². The van der Waals surface area contributed by atoms with Crippen LogP contribution >= 0.6 is 0 Å². The third-order valence-electron chi connectivity index (χ3n) is 5.01. The summed E-state index contributed by atoms with van der Waals surface area (Å²) in [7, 11) is 0. The van der Waals surface area contributed by atoms with Crippen LogP contribution in [-0.4, -0.2) is 19.1 Å². The van der Waals surface area contributed by atoms with E-state index in [9.17, 15) is 15.3 Å². The number of carbonyl (C=O) groups excluding carboxylic acids is 1. The summed E-state index contributed by atoms with van der Waals surface area (Å²) in [4.78, 5) is 10.7. The van der Waals surface area contributed by atoms with Crippen molar-refractivity contribution < 1.29 is 9.53 Å². The number of nitrogens with zero attached hydrogens (tertiary/aromatic N) is 2. The molecule has 0 saturated carbocycles. The number of carbonyl (C=O) groups is 1. The van der Waals surface area contributed by atoms with Crippen LogP contribution < -0.4 is 5.32 Å². The quantitative estimate of drug-likeness (QED) is 0.842. The largest absolute Gasteiger partial charge is 0.466 e. The number of hydrogen-bond donors (Lipinski definition) is 1. The second-order valence-corrected chi connectivity index (χ2v) is 6.53. The lowest BCUT2D eigenvalue weighted by molar-refractivity contribution is -0.129. The summed E-state index contributed by atoms with van der Waals surface area (Å²) < 4.78 is 4.99. The molecule has 0 radical (unpaired) electrons. The Hall–Kier alpha value is -3.15. The average molecular weight is 345 g/mol. The van der Waals surface area contributed by atoms with Crippen LogP contribution in [0.2, 0.25) is 0 Å². The fraction of sp³-hybridized carbons (Fsp3) is 0.286. The molecule has 1 N–H and O–H groups in total. The number of ether oxygens (including phenoxy) is 1. The van der Waals surface area contributed by atoms with Gasteiger partial charge in [-0.3, -0.25) is 4.79 Å². The Kier molecular flexibility index (Phi) is 5.02. The van der Waals surface area contributed by atoms with Gasteiger partial charge in [0.1, 0.15) is 6.61 Å². The van der Waals surface area contributed by atoms with Gasteiger partial charge in [-0.05, 0) is 18.1 Å². The Balaban J connectivity index is 2.12. The molecule has 5 nitrogen and oxygen atoms in total. The molecule has 0 aromatic heterocycles. The highest BCUT2D eigenvalue weighted by atomic mass is 16.5. The number of nitriles is 2. The van der Waals surface area contributed by atoms with Crippen LogP contribution in [0, 0.1) is 35.0 Å². The van der Waals surface area contributed by atoms with Crippen molar-refractivity contribution in [3.8, 4) is 12.1 Å². The van der Waals surface area contributed by atoms with Gasteiger partial charge in [-0.25, -0.2) is 0 Å². The van der Waals surface area contributed by atoms with Crippen molar-refractivity contribution >= 4 is 6.47 Å². The molecule has 5 heteroatoms. The van der Waals surface area contributed by atoms with Gasteiger partial charge in [-0.1, -0.05) is 60.2 Å². The minimum Gasteiger partial charge on any atom is -0.466 e. The van der Waals surface area contributed by atoms with Crippen molar-refractivity contribution in [3.63, 3.8) is 0 Å². The Labute approximate surface area is 152 Å². The van der Waals surface area contributed by atoms with Crippen LogP contribution in [0.4, 0.5) is 0 Å². The molecule has 0 amide bonds. The topological polar surface area (TPSA) is 85.9 Å². The molecular formula is C21H19N3O2. The maximum Gasteiger partial charge on any atom is 0.293 e. The third kappa shape index (κ3) is 2.94. The molecule has 0 bridgehead atoms. The number of nitrogens with one attached hydrogen (secondary N) is 1. The van der Waals surface area contributed by atoms with Crippen LogP contribution in [0.5, 0.6) is 0 Å². The second-order valence-electron chi connectivity index (χ2n) is 6.53. The molecule has 0 spiro atoms. The van der Waals surface area contributed by atoms with Gasteiger partial charge in [-0.2, -0.15) is 10.5 Å². The second kappa shape index (κ2) is 7.39. The summed E-state index contributed by atoms with van der Waals surface area (Å²) in [6.45, 7) is 2.47. The highest BCUT2D eigenvalue weighted by molar-refractivity contribution is 5.43. The molecule has 1 heterocycles. The molecule has 1 fully saturated rings. The fourth-order valence-electron chi connectivity index (χ4n) is 3.79. The zero-order chi connectivity index (χ0) is 18.6. The molecule has 3 unspecified atom stereocenters. The highest BCUT2D eigenvalue weighted by Gasteiger charge is 2.57. The summed E-state index contributed by atoms with van der Waals surface area (Å²) in [5.41, 5.74) is 1.53. The Morgan fingerprint density at radius 3 is 2.31 bits per heavy atom. The predicted octanol–water partition coefficient (Wildman–Crippen LogP) is 3.00. The van der Waals surface area contributed by atoms with Crippen molar-refractivity contribution in [2.24, 2.45) is 5.41 Å². The van der Waals surface area contributed by atoms with Crippen molar-refractivity contribution in [2.75, 3.05) is 6.61 Å². The number of aryl methyl sites for hydroxylation is 1. The molecule has 2 aromatic rings. The van der Waals surface area contributed by atoms with E-state index in [2.05, 4.69) is 17.5 Å². The maximum atomic E-state index is 10.7. The monoisotopic (exact) mass is 345 g/mol. The van der Waals surface area contributed by atoms with Crippen LogP contribution in [-0.2, 0) is 9.53 Å². The summed E-state index contributed by atoms with van der Waals surface area (Å²) in [5, 5.41) is 23.5. The molecule has 1 saturated heterocycles. The first kappa shape index (κ1) is 17.7. The van der Waals surface area contributed by atoms with Crippen molar-refractivity contribution in [1.29, 1.82) is 10.5 Å². The zero-order valence-electron chi connectivity index (χ0n) is 14.4. The fourth-order valence-corrected chi connectivity index (χ4v) is 3.79. The van der Waals surface area contributed by atoms with Crippen molar-refractivity contribution in [2.45, 2.75) is 24.9 Å². The standard InChI is InChI=1S/C21H19N3O2/c1-15-7-9-17(10-8-15)20-21(12-22,13-23)19(16-5-3-2-4-6-16)18(24-20)11-26-14-25/h2-10,14,18-20,24H,11H2,1H3.